The van der Waals surface area contributed by atoms with E-state index in [0.717, 1.165) is 5.69 Å². The van der Waals surface area contributed by atoms with Crippen molar-refractivity contribution in [3.63, 3.8) is 0 Å². The number of hydrogen-bond acceptors (Lipinski definition) is 6. The van der Waals surface area contributed by atoms with Crippen LogP contribution in [0.5, 0.6) is 0 Å². The fourth-order valence-corrected chi connectivity index (χ4v) is 2.95. The monoisotopic (exact) mass is 395 g/mol. The first-order valence-corrected chi connectivity index (χ1v) is 8.88. The molecule has 148 valence electrons. The van der Waals surface area contributed by atoms with Crippen LogP contribution >= 0.6 is 0 Å². The van der Waals surface area contributed by atoms with E-state index in [1.165, 1.54) is 42.6 Å². The zero-order valence-corrected chi connectivity index (χ0v) is 15.4. The van der Waals surface area contributed by atoms with E-state index in [2.05, 4.69) is 10.2 Å². The van der Waals surface area contributed by atoms with Crippen LogP contribution in [0.3, 0.4) is 0 Å². The Morgan fingerprint density at radius 3 is 2.28 bits per heavy atom. The van der Waals surface area contributed by atoms with Gasteiger partial charge in [-0.1, -0.05) is 0 Å². The van der Waals surface area contributed by atoms with Crippen LogP contribution in [0.25, 0.3) is 0 Å². The number of nitrogens with one attached hydrogen (secondary N) is 1. The van der Waals surface area contributed by atoms with Gasteiger partial charge in [-0.3, -0.25) is 14.9 Å². The van der Waals surface area contributed by atoms with Crippen LogP contribution in [0.15, 0.2) is 60.3 Å². The number of nitro groups is 1. The summed E-state index contributed by atoms with van der Waals surface area (Å²) in [6.07, 6.45) is 1.52. The predicted molar refractivity (Wildman–Crippen MR) is 106 cm³/mol. The van der Waals surface area contributed by atoms with Crippen molar-refractivity contribution in [2.45, 2.75) is 0 Å². The number of nitriles is 1. The summed E-state index contributed by atoms with van der Waals surface area (Å²) in [6, 6.07) is 13.5. The number of benzene rings is 2. The molecule has 1 fully saturated rings. The maximum Gasteiger partial charge on any atom is 0.269 e. The third-order valence-corrected chi connectivity index (χ3v) is 4.52. The van der Waals surface area contributed by atoms with Crippen LogP contribution in [0, 0.1) is 27.3 Å². The van der Waals surface area contributed by atoms with Crippen LogP contribution < -0.4 is 10.2 Å². The molecule has 0 aromatic heterocycles. The molecule has 0 saturated carbocycles. The fraction of sp³-hybridized carbons (Fsp3) is 0.200. The summed E-state index contributed by atoms with van der Waals surface area (Å²) in [5.41, 5.74) is 1.14. The SMILES string of the molecule is N#C/C(=C/N1CCN(c2ccc(F)cc2)CC1)C(=O)Nc1ccc([N+](=O)[O-])cc1. The second kappa shape index (κ2) is 8.84. The third kappa shape index (κ3) is 5.07. The second-order valence-electron chi connectivity index (χ2n) is 6.41. The maximum atomic E-state index is 13.1. The number of non-ortho nitro benzene ring substituents is 1. The van der Waals surface area contributed by atoms with Crippen LogP contribution in [0.2, 0.25) is 0 Å². The van der Waals surface area contributed by atoms with Gasteiger partial charge in [0.1, 0.15) is 17.5 Å². The molecule has 3 rings (SSSR count). The standard InChI is InChI=1S/C20H18FN5O3/c21-16-1-5-18(6-2-16)25-11-9-24(10-12-25)14-15(13-22)20(27)23-17-3-7-19(8-4-17)26(28)29/h1-8,14H,9-12H2,(H,23,27)/b15-14-. The number of nitro benzene ring substituents is 1. The summed E-state index contributed by atoms with van der Waals surface area (Å²) in [5, 5.41) is 22.6. The predicted octanol–water partition coefficient (Wildman–Crippen LogP) is 2.90. The summed E-state index contributed by atoms with van der Waals surface area (Å²) >= 11 is 0. The van der Waals surface area contributed by atoms with Crippen molar-refractivity contribution >= 4 is 23.0 Å². The topological polar surface area (TPSA) is 103 Å². The number of anilines is 2. The molecule has 1 amide bonds. The molecule has 9 heteroatoms. The molecule has 0 bridgehead atoms. The highest BCUT2D eigenvalue weighted by Crippen LogP contribution is 2.18. The van der Waals surface area contributed by atoms with Gasteiger partial charge >= 0.3 is 0 Å². The number of halogens is 1. The Morgan fingerprint density at radius 2 is 1.72 bits per heavy atom. The number of carbonyl (C=O) groups is 1. The molecule has 8 nitrogen and oxygen atoms in total. The van der Waals surface area contributed by atoms with Crippen LogP contribution in [0.1, 0.15) is 0 Å². The van der Waals surface area contributed by atoms with E-state index in [1.54, 1.807) is 12.1 Å². The van der Waals surface area contributed by atoms with Crippen molar-refractivity contribution in [2.24, 2.45) is 0 Å². The Bertz CT molecular complexity index is 959. The van der Waals surface area contributed by atoms with E-state index in [9.17, 15) is 24.6 Å². The molecule has 2 aromatic carbocycles. The molecule has 0 radical (unpaired) electrons. The van der Waals surface area contributed by atoms with Crippen molar-refractivity contribution in [2.75, 3.05) is 36.4 Å². The molecular weight excluding hydrogens is 377 g/mol. The number of hydrogen-bond donors (Lipinski definition) is 1. The zero-order valence-electron chi connectivity index (χ0n) is 15.4. The Morgan fingerprint density at radius 1 is 1.10 bits per heavy atom. The lowest BCUT2D eigenvalue weighted by Gasteiger charge is -2.35. The van der Waals surface area contributed by atoms with Gasteiger partial charge in [0.15, 0.2) is 0 Å². The Kier molecular flexibility index (Phi) is 6.04. The average Bonchev–Trinajstić information content (AvgIpc) is 2.73. The maximum absolute atomic E-state index is 13.1. The first-order chi connectivity index (χ1) is 14.0. The van der Waals surface area contributed by atoms with Gasteiger partial charge in [0, 0.05) is 55.9 Å². The zero-order chi connectivity index (χ0) is 20.8. The van der Waals surface area contributed by atoms with E-state index in [1.807, 2.05) is 11.0 Å². The first-order valence-electron chi connectivity index (χ1n) is 8.88. The highest BCUT2D eigenvalue weighted by Gasteiger charge is 2.18. The molecule has 1 aliphatic heterocycles. The number of amides is 1. The van der Waals surface area contributed by atoms with Crippen molar-refractivity contribution < 1.29 is 14.1 Å². The normalized spacial score (nSPS) is 14.3. The minimum Gasteiger partial charge on any atom is -0.373 e. The molecule has 1 aliphatic rings. The van der Waals surface area contributed by atoms with Gasteiger partial charge in [0.2, 0.25) is 0 Å². The van der Waals surface area contributed by atoms with E-state index in [0.29, 0.717) is 31.9 Å². The van der Waals surface area contributed by atoms with Crippen LogP contribution in [-0.2, 0) is 4.79 Å². The van der Waals surface area contributed by atoms with Crippen LogP contribution in [-0.4, -0.2) is 41.9 Å². The average molecular weight is 395 g/mol. The summed E-state index contributed by atoms with van der Waals surface area (Å²) in [5.74, 6) is -0.865. The molecule has 29 heavy (non-hydrogen) atoms. The highest BCUT2D eigenvalue weighted by molar-refractivity contribution is 6.06. The van der Waals surface area contributed by atoms with E-state index in [-0.39, 0.29) is 17.1 Å². The van der Waals surface area contributed by atoms with Crippen molar-refractivity contribution in [3.05, 3.63) is 76.2 Å². The van der Waals surface area contributed by atoms with Gasteiger partial charge in [-0.15, -0.1) is 0 Å². The third-order valence-electron chi connectivity index (χ3n) is 4.52. The Balaban J connectivity index is 1.59. The lowest BCUT2D eigenvalue weighted by molar-refractivity contribution is -0.384. The minimum atomic E-state index is -0.581. The Hall–Kier alpha value is -3.93. The molecule has 1 saturated heterocycles. The Labute approximate surface area is 166 Å². The second-order valence-corrected chi connectivity index (χ2v) is 6.41. The van der Waals surface area contributed by atoms with Gasteiger partial charge in [-0.05, 0) is 36.4 Å². The molecule has 2 aromatic rings. The number of piperazine rings is 1. The molecule has 1 heterocycles. The summed E-state index contributed by atoms with van der Waals surface area (Å²) in [4.78, 5) is 26.5. The largest absolute Gasteiger partial charge is 0.373 e. The van der Waals surface area contributed by atoms with E-state index < -0.39 is 10.8 Å². The minimum absolute atomic E-state index is 0.0569. The van der Waals surface area contributed by atoms with Gasteiger partial charge in [0.05, 0.1) is 4.92 Å². The van der Waals surface area contributed by atoms with E-state index in [4.69, 9.17) is 0 Å². The number of rotatable bonds is 5. The van der Waals surface area contributed by atoms with Crippen LogP contribution in [0.4, 0.5) is 21.5 Å². The summed E-state index contributed by atoms with van der Waals surface area (Å²) < 4.78 is 13.1. The molecule has 0 spiro atoms. The van der Waals surface area contributed by atoms with Crippen molar-refractivity contribution in [1.82, 2.24) is 4.90 Å². The quantitative estimate of drug-likeness (QED) is 0.361. The molecule has 0 aliphatic carbocycles. The fourth-order valence-electron chi connectivity index (χ4n) is 2.95. The molecular formula is C20H18FN5O3. The molecule has 0 atom stereocenters. The lowest BCUT2D eigenvalue weighted by atomic mass is 10.2. The lowest BCUT2D eigenvalue weighted by Crippen LogP contribution is -2.44. The molecule has 0 unspecified atom stereocenters. The van der Waals surface area contributed by atoms with Gasteiger partial charge in [0.25, 0.3) is 11.6 Å². The van der Waals surface area contributed by atoms with Crippen molar-refractivity contribution in [1.29, 1.82) is 5.26 Å². The number of carbonyl (C=O) groups excluding carboxylic acids is 1. The first kappa shape index (κ1) is 19.8. The molecule has 1 N–H and O–H groups in total. The summed E-state index contributed by atoms with van der Waals surface area (Å²) in [6.45, 7) is 2.55. The number of nitrogens with zero attached hydrogens (tertiary/aromatic N) is 4. The highest BCUT2D eigenvalue weighted by atomic mass is 19.1. The van der Waals surface area contributed by atoms with Crippen molar-refractivity contribution in [3.8, 4) is 6.07 Å². The van der Waals surface area contributed by atoms with Gasteiger partial charge in [-0.25, -0.2) is 4.39 Å². The van der Waals surface area contributed by atoms with E-state index >= 15 is 0 Å². The van der Waals surface area contributed by atoms with Gasteiger partial charge < -0.3 is 15.1 Å². The summed E-state index contributed by atoms with van der Waals surface area (Å²) in [7, 11) is 0. The van der Waals surface area contributed by atoms with Gasteiger partial charge in [-0.2, -0.15) is 5.26 Å². The smallest absolute Gasteiger partial charge is 0.269 e.